The minimum Gasteiger partial charge on any atom is -0.374 e. The summed E-state index contributed by atoms with van der Waals surface area (Å²) in [5.74, 6) is 2.01. The number of ether oxygens (including phenoxy) is 1. The quantitative estimate of drug-likeness (QED) is 0.745. The zero-order valence-corrected chi connectivity index (χ0v) is 12.5. The standard InChI is InChI=1S/C13H22ClN3O/c1-6-18-8-12-15-11(14)7-13(16-12)17(5)10(4)9(2)3/h7,9-10H,6,8H2,1-5H3. The van der Waals surface area contributed by atoms with E-state index in [2.05, 4.69) is 35.6 Å². The summed E-state index contributed by atoms with van der Waals surface area (Å²) in [5, 5.41) is 0.456. The molecule has 1 rings (SSSR count). The number of nitrogens with zero attached hydrogens (tertiary/aromatic N) is 3. The van der Waals surface area contributed by atoms with Crippen molar-refractivity contribution in [3.63, 3.8) is 0 Å². The molecule has 0 N–H and O–H groups in total. The van der Waals surface area contributed by atoms with Crippen LogP contribution in [0.2, 0.25) is 5.15 Å². The Morgan fingerprint density at radius 2 is 2.00 bits per heavy atom. The van der Waals surface area contributed by atoms with Gasteiger partial charge in [0.2, 0.25) is 0 Å². The highest BCUT2D eigenvalue weighted by atomic mass is 35.5. The van der Waals surface area contributed by atoms with Crippen LogP contribution in [-0.2, 0) is 11.3 Å². The highest BCUT2D eigenvalue weighted by Gasteiger charge is 2.16. The van der Waals surface area contributed by atoms with E-state index < -0.39 is 0 Å². The van der Waals surface area contributed by atoms with E-state index in [0.29, 0.717) is 36.2 Å². The highest BCUT2D eigenvalue weighted by Crippen LogP contribution is 2.20. The molecule has 1 atom stereocenters. The van der Waals surface area contributed by atoms with Crippen molar-refractivity contribution < 1.29 is 4.74 Å². The lowest BCUT2D eigenvalue weighted by Crippen LogP contribution is -2.34. The number of halogens is 1. The van der Waals surface area contributed by atoms with E-state index in [-0.39, 0.29) is 0 Å². The molecule has 1 heterocycles. The van der Waals surface area contributed by atoms with Crippen LogP contribution in [0.5, 0.6) is 0 Å². The summed E-state index contributed by atoms with van der Waals surface area (Å²) in [6.45, 7) is 9.52. The van der Waals surface area contributed by atoms with E-state index in [1.807, 2.05) is 14.0 Å². The second kappa shape index (κ2) is 6.90. The molecule has 0 bridgehead atoms. The molecule has 0 saturated heterocycles. The topological polar surface area (TPSA) is 38.2 Å². The Hall–Kier alpha value is -0.870. The molecule has 0 fully saturated rings. The summed E-state index contributed by atoms with van der Waals surface area (Å²) < 4.78 is 5.32. The van der Waals surface area contributed by atoms with Gasteiger partial charge in [-0.3, -0.25) is 0 Å². The van der Waals surface area contributed by atoms with Gasteiger partial charge in [0.15, 0.2) is 5.82 Å². The molecule has 0 saturated carbocycles. The van der Waals surface area contributed by atoms with Crippen molar-refractivity contribution in [3.8, 4) is 0 Å². The van der Waals surface area contributed by atoms with E-state index >= 15 is 0 Å². The molecule has 0 spiro atoms. The Labute approximate surface area is 114 Å². The second-order valence-corrected chi connectivity index (χ2v) is 5.09. The second-order valence-electron chi connectivity index (χ2n) is 4.70. The normalized spacial score (nSPS) is 12.8. The molecular formula is C13H22ClN3O. The molecule has 0 aromatic carbocycles. The van der Waals surface area contributed by atoms with Gasteiger partial charge in [0.25, 0.3) is 0 Å². The third-order valence-corrected chi connectivity index (χ3v) is 3.29. The number of hydrogen-bond acceptors (Lipinski definition) is 4. The molecule has 0 aliphatic carbocycles. The van der Waals surface area contributed by atoms with E-state index in [9.17, 15) is 0 Å². The van der Waals surface area contributed by atoms with Crippen molar-refractivity contribution in [2.45, 2.75) is 40.3 Å². The molecule has 1 aromatic heterocycles. The van der Waals surface area contributed by atoms with Crippen LogP contribution in [0.3, 0.4) is 0 Å². The van der Waals surface area contributed by atoms with Crippen molar-refractivity contribution in [3.05, 3.63) is 17.0 Å². The molecule has 0 amide bonds. The van der Waals surface area contributed by atoms with E-state index in [1.54, 1.807) is 6.07 Å². The lowest BCUT2D eigenvalue weighted by Gasteiger charge is -2.29. The molecule has 4 nitrogen and oxygen atoms in total. The van der Waals surface area contributed by atoms with Crippen LogP contribution in [0.25, 0.3) is 0 Å². The molecule has 0 aliphatic rings. The number of anilines is 1. The van der Waals surface area contributed by atoms with Gasteiger partial charge in [0.1, 0.15) is 17.6 Å². The van der Waals surface area contributed by atoms with Crippen LogP contribution in [0.15, 0.2) is 6.07 Å². The first-order chi connectivity index (χ1) is 8.45. The van der Waals surface area contributed by atoms with Gasteiger partial charge >= 0.3 is 0 Å². The largest absolute Gasteiger partial charge is 0.374 e. The minimum absolute atomic E-state index is 0.385. The molecule has 5 heteroatoms. The molecule has 0 aliphatic heterocycles. The first-order valence-corrected chi connectivity index (χ1v) is 6.67. The van der Waals surface area contributed by atoms with Gasteiger partial charge in [0, 0.05) is 25.8 Å². The maximum absolute atomic E-state index is 6.02. The van der Waals surface area contributed by atoms with Gasteiger partial charge in [-0.2, -0.15) is 0 Å². The van der Waals surface area contributed by atoms with Gasteiger partial charge in [-0.15, -0.1) is 0 Å². The summed E-state index contributed by atoms with van der Waals surface area (Å²) in [5.41, 5.74) is 0. The fraction of sp³-hybridized carbons (Fsp3) is 0.692. The molecular weight excluding hydrogens is 250 g/mol. The van der Waals surface area contributed by atoms with Crippen molar-refractivity contribution >= 4 is 17.4 Å². The maximum atomic E-state index is 6.02. The van der Waals surface area contributed by atoms with Gasteiger partial charge in [-0.25, -0.2) is 9.97 Å². The lowest BCUT2D eigenvalue weighted by atomic mass is 10.1. The Morgan fingerprint density at radius 3 is 2.56 bits per heavy atom. The Bertz CT molecular complexity index is 384. The van der Waals surface area contributed by atoms with Gasteiger partial charge < -0.3 is 9.64 Å². The summed E-state index contributed by atoms with van der Waals surface area (Å²) in [6, 6.07) is 2.17. The monoisotopic (exact) mass is 271 g/mol. The van der Waals surface area contributed by atoms with Crippen LogP contribution in [0.1, 0.15) is 33.5 Å². The van der Waals surface area contributed by atoms with Crippen molar-refractivity contribution in [1.29, 1.82) is 0 Å². The zero-order valence-electron chi connectivity index (χ0n) is 11.8. The smallest absolute Gasteiger partial charge is 0.158 e. The number of hydrogen-bond donors (Lipinski definition) is 0. The van der Waals surface area contributed by atoms with Gasteiger partial charge in [-0.1, -0.05) is 25.4 Å². The predicted octanol–water partition coefficient (Wildman–Crippen LogP) is 3.15. The van der Waals surface area contributed by atoms with Crippen LogP contribution < -0.4 is 4.90 Å². The maximum Gasteiger partial charge on any atom is 0.158 e. The summed E-state index contributed by atoms with van der Waals surface area (Å²) >= 11 is 6.02. The fourth-order valence-corrected chi connectivity index (χ4v) is 1.74. The molecule has 18 heavy (non-hydrogen) atoms. The van der Waals surface area contributed by atoms with E-state index in [1.165, 1.54) is 0 Å². The fourth-order valence-electron chi connectivity index (χ4n) is 1.55. The minimum atomic E-state index is 0.385. The van der Waals surface area contributed by atoms with Crippen LogP contribution >= 0.6 is 11.6 Å². The van der Waals surface area contributed by atoms with E-state index in [4.69, 9.17) is 16.3 Å². The summed E-state index contributed by atoms with van der Waals surface area (Å²) in [4.78, 5) is 10.8. The Kier molecular flexibility index (Phi) is 5.82. The van der Waals surface area contributed by atoms with Crippen LogP contribution in [-0.4, -0.2) is 29.7 Å². The van der Waals surface area contributed by atoms with Crippen LogP contribution in [0.4, 0.5) is 5.82 Å². The third kappa shape index (κ3) is 4.10. The zero-order chi connectivity index (χ0) is 13.7. The third-order valence-electron chi connectivity index (χ3n) is 3.10. The first kappa shape index (κ1) is 15.2. The van der Waals surface area contributed by atoms with Gasteiger partial charge in [-0.05, 0) is 19.8 Å². The van der Waals surface area contributed by atoms with E-state index in [0.717, 1.165) is 5.82 Å². The first-order valence-electron chi connectivity index (χ1n) is 6.29. The van der Waals surface area contributed by atoms with Crippen molar-refractivity contribution in [2.75, 3.05) is 18.6 Å². The van der Waals surface area contributed by atoms with Crippen molar-refractivity contribution in [2.24, 2.45) is 5.92 Å². The van der Waals surface area contributed by atoms with Gasteiger partial charge in [0.05, 0.1) is 0 Å². The summed E-state index contributed by atoms with van der Waals surface area (Å²) in [7, 11) is 2.02. The molecule has 1 aromatic rings. The predicted molar refractivity (Wildman–Crippen MR) is 75.1 cm³/mol. The summed E-state index contributed by atoms with van der Waals surface area (Å²) in [6.07, 6.45) is 0. The average Bonchev–Trinajstić information content (AvgIpc) is 2.33. The Balaban J connectivity index is 2.91. The SMILES string of the molecule is CCOCc1nc(Cl)cc(N(C)C(C)C(C)C)n1. The van der Waals surface area contributed by atoms with Crippen molar-refractivity contribution in [1.82, 2.24) is 9.97 Å². The lowest BCUT2D eigenvalue weighted by molar-refractivity contribution is 0.128. The molecule has 1 unspecified atom stereocenters. The number of aromatic nitrogens is 2. The average molecular weight is 272 g/mol. The molecule has 102 valence electrons. The number of rotatable bonds is 6. The molecule has 0 radical (unpaired) electrons. The Morgan fingerprint density at radius 1 is 1.33 bits per heavy atom. The highest BCUT2D eigenvalue weighted by molar-refractivity contribution is 6.29. The van der Waals surface area contributed by atoms with Crippen LogP contribution in [0, 0.1) is 5.92 Å².